The summed E-state index contributed by atoms with van der Waals surface area (Å²) < 4.78 is 19.8. The van der Waals surface area contributed by atoms with Crippen molar-refractivity contribution >= 4 is 29.4 Å². The topological polar surface area (TPSA) is 114 Å². The molecule has 0 N–H and O–H groups in total. The Morgan fingerprint density at radius 2 is 1.68 bits per heavy atom. The first-order valence-electron chi connectivity index (χ1n) is 16.3. The summed E-state index contributed by atoms with van der Waals surface area (Å²) >= 11 is 1.23. The average molecular weight is 691 g/mol. The van der Waals surface area contributed by atoms with E-state index in [1.54, 1.807) is 35.9 Å². The number of hydrogen-bond acceptors (Lipinski definition) is 9. The van der Waals surface area contributed by atoms with E-state index in [1.807, 2.05) is 67.7 Å². The molecule has 0 aliphatic carbocycles. The average Bonchev–Trinajstić information content (AvgIpc) is 3.68. The molecule has 0 fully saturated rings. The van der Waals surface area contributed by atoms with Gasteiger partial charge in [-0.2, -0.15) is 5.10 Å². The fraction of sp³-hybridized carbons (Fsp3) is 0.256. The third-order valence-corrected chi connectivity index (χ3v) is 9.51. The number of esters is 2. The van der Waals surface area contributed by atoms with Gasteiger partial charge < -0.3 is 14.2 Å². The summed E-state index contributed by atoms with van der Waals surface area (Å²) in [5, 5.41) is 4.97. The van der Waals surface area contributed by atoms with Gasteiger partial charge in [0.05, 0.1) is 53.9 Å². The second-order valence-electron chi connectivity index (χ2n) is 12.4. The number of carbonyl (C=O) groups is 2. The zero-order chi connectivity index (χ0) is 35.5. The Labute approximate surface area is 293 Å². The fourth-order valence-corrected chi connectivity index (χ4v) is 6.90. The third kappa shape index (κ3) is 6.81. The van der Waals surface area contributed by atoms with Crippen LogP contribution in [0.3, 0.4) is 0 Å². The number of benzene rings is 3. The Hall–Kier alpha value is -5.55. The predicted molar refractivity (Wildman–Crippen MR) is 192 cm³/mol. The quantitative estimate of drug-likeness (QED) is 0.171. The van der Waals surface area contributed by atoms with E-state index in [-0.39, 0.29) is 11.1 Å². The molecule has 1 aliphatic heterocycles. The molecule has 0 amide bonds. The van der Waals surface area contributed by atoms with Gasteiger partial charge in [0.25, 0.3) is 5.56 Å². The van der Waals surface area contributed by atoms with E-state index in [0.717, 1.165) is 34.5 Å². The van der Waals surface area contributed by atoms with Crippen molar-refractivity contribution in [1.29, 1.82) is 0 Å². The van der Waals surface area contributed by atoms with Crippen LogP contribution in [0.5, 0.6) is 5.75 Å². The van der Waals surface area contributed by atoms with Gasteiger partial charge in [-0.25, -0.2) is 19.3 Å². The molecule has 0 saturated carbocycles. The number of hydrogen-bond donors (Lipinski definition) is 0. The van der Waals surface area contributed by atoms with Crippen LogP contribution in [0, 0.1) is 12.8 Å². The lowest BCUT2D eigenvalue weighted by atomic mass is 9.95. The zero-order valence-electron chi connectivity index (χ0n) is 28.8. The van der Waals surface area contributed by atoms with Crippen molar-refractivity contribution in [3.63, 3.8) is 0 Å². The molecule has 1 aliphatic rings. The lowest BCUT2D eigenvalue weighted by Crippen LogP contribution is -2.39. The molecule has 11 heteroatoms. The minimum absolute atomic E-state index is 0.237. The molecule has 6 rings (SSSR count). The maximum absolute atomic E-state index is 14.3. The summed E-state index contributed by atoms with van der Waals surface area (Å²) in [5.74, 6) is 0.281. The number of fused-ring (bicyclic) bond motifs is 1. The minimum atomic E-state index is -0.829. The molecule has 0 spiro atoms. The maximum atomic E-state index is 14.3. The molecule has 0 radical (unpaired) electrons. The van der Waals surface area contributed by atoms with Crippen LogP contribution in [0.1, 0.15) is 60.3 Å². The molecule has 3 aromatic carbocycles. The van der Waals surface area contributed by atoms with Crippen molar-refractivity contribution in [3.8, 4) is 22.7 Å². The van der Waals surface area contributed by atoms with Gasteiger partial charge in [-0.3, -0.25) is 9.36 Å². The van der Waals surface area contributed by atoms with Gasteiger partial charge in [0.15, 0.2) is 4.80 Å². The van der Waals surface area contributed by atoms with Crippen LogP contribution in [0.2, 0.25) is 0 Å². The van der Waals surface area contributed by atoms with Crippen LogP contribution in [0.4, 0.5) is 0 Å². The van der Waals surface area contributed by atoms with Crippen molar-refractivity contribution in [2.45, 2.75) is 40.2 Å². The number of para-hydroxylation sites is 1. The van der Waals surface area contributed by atoms with Crippen molar-refractivity contribution in [2.75, 3.05) is 20.8 Å². The van der Waals surface area contributed by atoms with Crippen LogP contribution >= 0.6 is 11.3 Å². The number of allylic oxidation sites excluding steroid dienone is 1. The molecule has 256 valence electrons. The van der Waals surface area contributed by atoms with Gasteiger partial charge >= 0.3 is 11.9 Å². The van der Waals surface area contributed by atoms with Crippen LogP contribution in [-0.4, -0.2) is 47.1 Å². The predicted octanol–water partition coefficient (Wildman–Crippen LogP) is 5.78. The first kappa shape index (κ1) is 34.3. The first-order chi connectivity index (χ1) is 24.1. The van der Waals surface area contributed by atoms with E-state index >= 15 is 0 Å². The Morgan fingerprint density at radius 1 is 0.960 bits per heavy atom. The molecule has 5 aromatic rings. The second-order valence-corrected chi connectivity index (χ2v) is 13.4. The Morgan fingerprint density at radius 3 is 2.34 bits per heavy atom. The molecule has 1 atom stereocenters. The highest BCUT2D eigenvalue weighted by Crippen LogP contribution is 2.32. The van der Waals surface area contributed by atoms with Crippen molar-refractivity contribution < 1.29 is 23.8 Å². The van der Waals surface area contributed by atoms with E-state index in [1.165, 1.54) is 30.1 Å². The summed E-state index contributed by atoms with van der Waals surface area (Å²) in [5.41, 5.74) is 5.46. The van der Waals surface area contributed by atoms with Gasteiger partial charge in [-0.05, 0) is 85.9 Å². The zero-order valence-corrected chi connectivity index (χ0v) is 29.6. The number of rotatable bonds is 10. The van der Waals surface area contributed by atoms with Crippen molar-refractivity contribution in [1.82, 2.24) is 14.3 Å². The van der Waals surface area contributed by atoms with E-state index in [0.29, 0.717) is 44.4 Å². The monoisotopic (exact) mass is 690 g/mol. The molecule has 50 heavy (non-hydrogen) atoms. The van der Waals surface area contributed by atoms with E-state index in [9.17, 15) is 14.4 Å². The van der Waals surface area contributed by atoms with Crippen LogP contribution in [0.15, 0.2) is 100 Å². The molecule has 2 aromatic heterocycles. The number of thiazole rings is 1. The van der Waals surface area contributed by atoms with E-state index in [2.05, 4.69) is 18.8 Å². The summed E-state index contributed by atoms with van der Waals surface area (Å²) in [4.78, 5) is 44.7. The molecule has 0 unspecified atom stereocenters. The maximum Gasteiger partial charge on any atom is 0.338 e. The SMILES string of the molecule is COC(=O)C1=C(C)N=c2s/c(=C\c3cn(-c4ccccc4)nc3-c3ccc(OCCC(C)C)c(C)c3)c(=O)n2[C@H]1c1ccc(C(=O)OC)cc1. The highest BCUT2D eigenvalue weighted by molar-refractivity contribution is 7.07. The smallest absolute Gasteiger partial charge is 0.338 e. The lowest BCUT2D eigenvalue weighted by Gasteiger charge is -2.24. The lowest BCUT2D eigenvalue weighted by molar-refractivity contribution is -0.136. The van der Waals surface area contributed by atoms with Gasteiger partial charge in [0, 0.05) is 17.3 Å². The molecule has 0 bridgehead atoms. The van der Waals surface area contributed by atoms with Crippen molar-refractivity contribution in [3.05, 3.63) is 132 Å². The highest BCUT2D eigenvalue weighted by atomic mass is 32.1. The standard InChI is InChI=1S/C39H38N4O6S/c1-23(2)18-19-49-31-17-16-28(20-24(31)3)34-29(22-42(41-34)30-10-8-7-9-11-30)21-32-36(44)43-35(26-12-14-27(15-13-26)37(45)47-5)33(38(46)48-6)25(4)40-39(43)50-32/h7-17,20-23,35H,18-19H2,1-6H3/b32-21-/t35-/m0/s1. The van der Waals surface area contributed by atoms with Crippen LogP contribution in [-0.2, 0) is 14.3 Å². The first-order valence-corrected chi connectivity index (χ1v) is 17.1. The summed E-state index contributed by atoms with van der Waals surface area (Å²) in [7, 11) is 2.60. The van der Waals surface area contributed by atoms with Gasteiger partial charge in [0.2, 0.25) is 0 Å². The summed E-state index contributed by atoms with van der Waals surface area (Å²) in [6.45, 7) is 8.71. The molecule has 0 saturated heterocycles. The van der Waals surface area contributed by atoms with E-state index in [4.69, 9.17) is 19.3 Å². The van der Waals surface area contributed by atoms with E-state index < -0.39 is 18.0 Å². The molecular formula is C39H38N4O6S. The third-order valence-electron chi connectivity index (χ3n) is 8.53. The fourth-order valence-electron chi connectivity index (χ4n) is 5.86. The highest BCUT2D eigenvalue weighted by Gasteiger charge is 2.33. The Balaban J connectivity index is 1.49. The van der Waals surface area contributed by atoms with Crippen molar-refractivity contribution in [2.24, 2.45) is 10.9 Å². The summed E-state index contributed by atoms with van der Waals surface area (Å²) in [6, 6.07) is 21.6. The van der Waals surface area contributed by atoms with Gasteiger partial charge in [-0.1, -0.05) is 55.5 Å². The number of methoxy groups -OCH3 is 2. The van der Waals surface area contributed by atoms with Gasteiger partial charge in [0.1, 0.15) is 11.4 Å². The molecule has 3 heterocycles. The Bertz CT molecular complexity index is 2280. The number of ether oxygens (including phenoxy) is 3. The number of aromatic nitrogens is 3. The number of aryl methyl sites for hydroxylation is 1. The second kappa shape index (κ2) is 14.5. The van der Waals surface area contributed by atoms with Gasteiger partial charge in [-0.15, -0.1) is 0 Å². The Kier molecular flexibility index (Phi) is 9.96. The van der Waals surface area contributed by atoms with Crippen LogP contribution < -0.4 is 19.6 Å². The largest absolute Gasteiger partial charge is 0.493 e. The minimum Gasteiger partial charge on any atom is -0.493 e. The number of carbonyl (C=O) groups excluding carboxylic acids is 2. The molecular weight excluding hydrogens is 653 g/mol. The molecule has 10 nitrogen and oxygen atoms in total. The summed E-state index contributed by atoms with van der Waals surface area (Å²) in [6.07, 6.45) is 4.69. The van der Waals surface area contributed by atoms with Crippen LogP contribution in [0.25, 0.3) is 23.0 Å². The normalized spacial score (nSPS) is 14.4. The number of nitrogens with zero attached hydrogens (tertiary/aromatic N) is 4.